The van der Waals surface area contributed by atoms with Gasteiger partial charge in [-0.25, -0.2) is 0 Å². The number of fused-ring (bicyclic) bond motifs is 2. The van der Waals surface area contributed by atoms with Gasteiger partial charge in [0.1, 0.15) is 51.7 Å². The molecule has 0 aliphatic carbocycles. The highest BCUT2D eigenvalue weighted by atomic mass is 16.5. The number of ketones is 2. The SMILES string of the molecule is COc1ccc(C2Oc3cc(O)cc(O)c3C(=O)C2c2c(O)cc(O)c3c2OC(c2ccc(O)c(O)c2)C(O)C3=O)cc1O. The Morgan fingerprint density at radius 2 is 1.30 bits per heavy atom. The summed E-state index contributed by atoms with van der Waals surface area (Å²) in [5, 5.41) is 83.8. The first-order valence-corrected chi connectivity index (χ1v) is 13.0. The second-order valence-corrected chi connectivity index (χ2v) is 10.3. The van der Waals surface area contributed by atoms with Crippen LogP contribution in [0.4, 0.5) is 0 Å². The Kier molecular flexibility index (Phi) is 6.54. The van der Waals surface area contributed by atoms with Crippen molar-refractivity contribution in [3.05, 3.63) is 82.4 Å². The summed E-state index contributed by atoms with van der Waals surface area (Å²) in [5.74, 6) is -8.09. The highest BCUT2D eigenvalue weighted by Gasteiger charge is 2.48. The fourth-order valence-electron chi connectivity index (χ4n) is 5.60. The number of ether oxygens (including phenoxy) is 3. The lowest BCUT2D eigenvalue weighted by molar-refractivity contribution is 0.0196. The molecule has 44 heavy (non-hydrogen) atoms. The van der Waals surface area contributed by atoms with Gasteiger partial charge in [0.15, 0.2) is 41.0 Å². The van der Waals surface area contributed by atoms with Gasteiger partial charge in [-0.15, -0.1) is 0 Å². The van der Waals surface area contributed by atoms with E-state index in [-0.39, 0.29) is 39.5 Å². The molecule has 0 saturated heterocycles. The van der Waals surface area contributed by atoms with Crippen LogP contribution in [0.3, 0.4) is 0 Å². The number of aromatic hydroxyl groups is 7. The molecule has 226 valence electrons. The predicted molar refractivity (Wildman–Crippen MR) is 148 cm³/mol. The molecular formula is C31H24O13. The normalized spacial score (nSPS) is 20.7. The quantitative estimate of drug-likeness (QED) is 0.157. The van der Waals surface area contributed by atoms with Crippen LogP contribution in [0.25, 0.3) is 0 Å². The minimum Gasteiger partial charge on any atom is -0.508 e. The number of hydrogen-bond donors (Lipinski definition) is 8. The summed E-state index contributed by atoms with van der Waals surface area (Å²) >= 11 is 0. The summed E-state index contributed by atoms with van der Waals surface area (Å²) in [6, 6.07) is 10.3. The van der Waals surface area contributed by atoms with Gasteiger partial charge in [-0.05, 0) is 35.4 Å². The number of phenolic OH excluding ortho intramolecular Hbond substituents is 7. The summed E-state index contributed by atoms with van der Waals surface area (Å²) in [5.41, 5.74) is -1.10. The maximum Gasteiger partial charge on any atom is 0.202 e. The summed E-state index contributed by atoms with van der Waals surface area (Å²) in [7, 11) is 1.33. The van der Waals surface area contributed by atoms with E-state index < -0.39 is 81.6 Å². The molecule has 0 bridgehead atoms. The smallest absolute Gasteiger partial charge is 0.202 e. The van der Waals surface area contributed by atoms with Gasteiger partial charge in [0.25, 0.3) is 0 Å². The largest absolute Gasteiger partial charge is 0.508 e. The molecule has 6 rings (SSSR count). The van der Waals surface area contributed by atoms with Crippen LogP contribution >= 0.6 is 0 Å². The van der Waals surface area contributed by atoms with Crippen LogP contribution in [0.5, 0.6) is 57.5 Å². The zero-order valence-corrected chi connectivity index (χ0v) is 22.6. The number of aliphatic hydroxyl groups is 1. The van der Waals surface area contributed by atoms with E-state index in [1.165, 1.54) is 31.4 Å². The summed E-state index contributed by atoms with van der Waals surface area (Å²) in [6.07, 6.45) is -4.86. The lowest BCUT2D eigenvalue weighted by atomic mass is 9.78. The fraction of sp³-hybridized carbons (Fsp3) is 0.161. The number of methoxy groups -OCH3 is 1. The third-order valence-electron chi connectivity index (χ3n) is 7.65. The van der Waals surface area contributed by atoms with Gasteiger partial charge >= 0.3 is 0 Å². The summed E-state index contributed by atoms with van der Waals surface area (Å²) < 4.78 is 17.2. The van der Waals surface area contributed by atoms with Crippen molar-refractivity contribution >= 4 is 11.6 Å². The first-order chi connectivity index (χ1) is 20.9. The molecule has 0 radical (unpaired) electrons. The van der Waals surface area contributed by atoms with Gasteiger partial charge in [0.2, 0.25) is 5.78 Å². The predicted octanol–water partition coefficient (Wildman–Crippen LogP) is 3.41. The fourth-order valence-corrected chi connectivity index (χ4v) is 5.60. The van der Waals surface area contributed by atoms with Crippen molar-refractivity contribution in [3.8, 4) is 57.5 Å². The van der Waals surface area contributed by atoms with E-state index in [1.54, 1.807) is 0 Å². The zero-order chi connectivity index (χ0) is 31.6. The second-order valence-electron chi connectivity index (χ2n) is 10.3. The minimum atomic E-state index is -1.92. The molecule has 2 aliphatic heterocycles. The molecule has 0 aromatic heterocycles. The van der Waals surface area contributed by atoms with Gasteiger partial charge < -0.3 is 55.1 Å². The van der Waals surface area contributed by atoms with Gasteiger partial charge in [0, 0.05) is 18.2 Å². The van der Waals surface area contributed by atoms with Crippen LogP contribution in [0.2, 0.25) is 0 Å². The van der Waals surface area contributed by atoms with Crippen LogP contribution in [-0.2, 0) is 0 Å². The Morgan fingerprint density at radius 3 is 1.98 bits per heavy atom. The number of carbonyl (C=O) groups is 2. The monoisotopic (exact) mass is 604 g/mol. The Labute approximate surface area is 247 Å². The molecule has 4 unspecified atom stereocenters. The van der Waals surface area contributed by atoms with Crippen molar-refractivity contribution < 1.29 is 64.7 Å². The van der Waals surface area contributed by atoms with Gasteiger partial charge in [-0.1, -0.05) is 12.1 Å². The maximum absolute atomic E-state index is 14.2. The number of Topliss-reactive ketones (excluding diaryl/α,β-unsaturated/α-hetero) is 2. The minimum absolute atomic E-state index is 0.0295. The van der Waals surface area contributed by atoms with Crippen molar-refractivity contribution in [2.45, 2.75) is 24.2 Å². The number of rotatable bonds is 4. The van der Waals surface area contributed by atoms with Crippen LogP contribution in [0.15, 0.2) is 54.6 Å². The first kappa shape index (κ1) is 28.3. The van der Waals surface area contributed by atoms with E-state index in [4.69, 9.17) is 14.2 Å². The summed E-state index contributed by atoms with van der Waals surface area (Å²) in [4.78, 5) is 27.7. The standard InChI is InChI=1S/C31H24O13/c1-42-20-5-3-11(7-16(20)35)29-25(26(39)22-17(36)8-13(32)9-21(22)43-29)23-18(37)10-19(38)24-27(40)28(41)30(44-31(23)24)12-2-4-14(33)15(34)6-12/h2-10,25,28-30,32-38,41H,1H3. The molecule has 4 aromatic rings. The number of aliphatic hydroxyl groups excluding tert-OH is 1. The average Bonchev–Trinajstić information content (AvgIpc) is 2.96. The van der Waals surface area contributed by atoms with Crippen molar-refractivity contribution in [2.24, 2.45) is 0 Å². The first-order valence-electron chi connectivity index (χ1n) is 13.0. The molecule has 0 fully saturated rings. The van der Waals surface area contributed by atoms with E-state index in [0.717, 1.165) is 30.3 Å². The zero-order valence-electron chi connectivity index (χ0n) is 22.6. The highest BCUT2D eigenvalue weighted by molar-refractivity contribution is 6.10. The number of hydrogen-bond acceptors (Lipinski definition) is 13. The molecule has 0 saturated carbocycles. The van der Waals surface area contributed by atoms with Crippen molar-refractivity contribution in [2.75, 3.05) is 7.11 Å². The number of phenols is 7. The van der Waals surface area contributed by atoms with E-state index in [1.807, 2.05) is 0 Å². The molecule has 0 spiro atoms. The molecule has 13 nitrogen and oxygen atoms in total. The Bertz CT molecular complexity index is 1860. The molecule has 4 atom stereocenters. The van der Waals surface area contributed by atoms with E-state index in [2.05, 4.69) is 0 Å². The number of carbonyl (C=O) groups excluding carboxylic acids is 2. The van der Waals surface area contributed by atoms with Crippen molar-refractivity contribution in [1.82, 2.24) is 0 Å². The van der Waals surface area contributed by atoms with E-state index >= 15 is 0 Å². The van der Waals surface area contributed by atoms with Crippen LogP contribution in [0, 0.1) is 0 Å². The third kappa shape index (κ3) is 4.29. The van der Waals surface area contributed by atoms with Crippen molar-refractivity contribution in [1.29, 1.82) is 0 Å². The topological polar surface area (TPSA) is 224 Å². The van der Waals surface area contributed by atoms with Gasteiger partial charge in [-0.2, -0.15) is 0 Å². The molecule has 0 amide bonds. The molecule has 13 heteroatoms. The summed E-state index contributed by atoms with van der Waals surface area (Å²) in [6.45, 7) is 0. The highest BCUT2D eigenvalue weighted by Crippen LogP contribution is 2.55. The second kappa shape index (κ2) is 10.2. The Hall–Kier alpha value is -5.82. The maximum atomic E-state index is 14.2. The van der Waals surface area contributed by atoms with Gasteiger partial charge in [-0.3, -0.25) is 9.59 Å². The van der Waals surface area contributed by atoms with Crippen LogP contribution < -0.4 is 14.2 Å². The molecular weight excluding hydrogens is 580 g/mol. The van der Waals surface area contributed by atoms with E-state index in [9.17, 15) is 50.4 Å². The molecule has 2 aliphatic rings. The van der Waals surface area contributed by atoms with Crippen molar-refractivity contribution in [3.63, 3.8) is 0 Å². The third-order valence-corrected chi connectivity index (χ3v) is 7.65. The lowest BCUT2D eigenvalue weighted by Crippen LogP contribution is -2.38. The average molecular weight is 605 g/mol. The van der Waals surface area contributed by atoms with Crippen LogP contribution in [0.1, 0.15) is 55.5 Å². The number of benzene rings is 4. The molecule has 8 N–H and O–H groups in total. The van der Waals surface area contributed by atoms with Gasteiger partial charge in [0.05, 0.1) is 18.6 Å². The van der Waals surface area contributed by atoms with E-state index in [0.29, 0.717) is 0 Å². The Morgan fingerprint density at radius 1 is 0.636 bits per heavy atom. The Balaban J connectivity index is 1.59. The lowest BCUT2D eigenvalue weighted by Gasteiger charge is -2.37. The van der Waals surface area contributed by atoms with Crippen LogP contribution in [-0.4, -0.2) is 65.6 Å². The molecule has 2 heterocycles. The molecule has 4 aromatic carbocycles.